The summed E-state index contributed by atoms with van der Waals surface area (Å²) in [6.07, 6.45) is 2.33. The Morgan fingerprint density at radius 2 is 2.20 bits per heavy atom. The van der Waals surface area contributed by atoms with E-state index in [9.17, 15) is 8.78 Å². The quantitative estimate of drug-likeness (QED) is 0.833. The van der Waals surface area contributed by atoms with Crippen molar-refractivity contribution in [2.24, 2.45) is 5.73 Å². The molecule has 2 N–H and O–H groups in total. The maximum Gasteiger partial charge on any atom is 0.255 e. The standard InChI is InChI=1S/C10H12F2N2O/c11-10(12)2-9(3-10)15-8-1-7(4-13)5-14-6-8/h1,5-6,9H,2-4,13H2. The first-order valence-electron chi connectivity index (χ1n) is 4.77. The van der Waals surface area contributed by atoms with Crippen molar-refractivity contribution >= 4 is 0 Å². The van der Waals surface area contributed by atoms with E-state index >= 15 is 0 Å². The molecule has 15 heavy (non-hydrogen) atoms. The Kier molecular flexibility index (Phi) is 2.56. The first-order valence-corrected chi connectivity index (χ1v) is 4.77. The largest absolute Gasteiger partial charge is 0.488 e. The van der Waals surface area contributed by atoms with Gasteiger partial charge < -0.3 is 10.5 Å². The molecule has 1 heterocycles. The van der Waals surface area contributed by atoms with Gasteiger partial charge in [-0.05, 0) is 11.6 Å². The summed E-state index contributed by atoms with van der Waals surface area (Å²) < 4.78 is 30.4. The van der Waals surface area contributed by atoms with Crippen molar-refractivity contribution in [3.63, 3.8) is 0 Å². The number of aromatic nitrogens is 1. The number of rotatable bonds is 3. The van der Waals surface area contributed by atoms with Crippen LogP contribution in [0, 0.1) is 0 Å². The van der Waals surface area contributed by atoms with Gasteiger partial charge in [-0.3, -0.25) is 4.98 Å². The molecular formula is C10H12F2N2O. The van der Waals surface area contributed by atoms with E-state index in [-0.39, 0.29) is 12.8 Å². The Balaban J connectivity index is 1.94. The predicted molar refractivity (Wildman–Crippen MR) is 50.7 cm³/mol. The highest BCUT2D eigenvalue weighted by atomic mass is 19.3. The van der Waals surface area contributed by atoms with Crippen LogP contribution in [0.25, 0.3) is 0 Å². The zero-order chi connectivity index (χ0) is 10.9. The van der Waals surface area contributed by atoms with Crippen LogP contribution in [0.3, 0.4) is 0 Å². The molecule has 0 aliphatic heterocycles. The maximum atomic E-state index is 12.5. The van der Waals surface area contributed by atoms with E-state index in [0.717, 1.165) is 5.56 Å². The van der Waals surface area contributed by atoms with Crippen LogP contribution in [0.15, 0.2) is 18.5 Å². The van der Waals surface area contributed by atoms with Crippen LogP contribution < -0.4 is 10.5 Å². The highest BCUT2D eigenvalue weighted by molar-refractivity contribution is 5.24. The highest BCUT2D eigenvalue weighted by Crippen LogP contribution is 2.39. The molecule has 1 fully saturated rings. The molecule has 0 amide bonds. The average Bonchev–Trinajstić information content (AvgIpc) is 2.15. The fourth-order valence-electron chi connectivity index (χ4n) is 1.52. The Morgan fingerprint density at radius 3 is 2.80 bits per heavy atom. The van der Waals surface area contributed by atoms with Gasteiger partial charge in [0.05, 0.1) is 6.20 Å². The summed E-state index contributed by atoms with van der Waals surface area (Å²) in [5.74, 6) is -2.04. The lowest BCUT2D eigenvalue weighted by Crippen LogP contribution is -2.43. The van der Waals surface area contributed by atoms with Crippen molar-refractivity contribution in [3.8, 4) is 5.75 Å². The molecule has 2 rings (SSSR count). The molecule has 0 saturated heterocycles. The van der Waals surface area contributed by atoms with Gasteiger partial charge in [0.25, 0.3) is 5.92 Å². The third-order valence-electron chi connectivity index (χ3n) is 2.36. The number of hydrogen-bond acceptors (Lipinski definition) is 3. The summed E-state index contributed by atoms with van der Waals surface area (Å²) in [5.41, 5.74) is 6.26. The van der Waals surface area contributed by atoms with Crippen LogP contribution in [-0.2, 0) is 6.54 Å². The number of ether oxygens (including phenoxy) is 1. The molecular weight excluding hydrogens is 202 g/mol. The van der Waals surface area contributed by atoms with Crippen LogP contribution in [0.2, 0.25) is 0 Å². The molecule has 0 atom stereocenters. The van der Waals surface area contributed by atoms with Crippen molar-refractivity contribution in [1.82, 2.24) is 4.98 Å². The van der Waals surface area contributed by atoms with E-state index in [1.54, 1.807) is 12.3 Å². The van der Waals surface area contributed by atoms with Gasteiger partial charge in [-0.1, -0.05) is 0 Å². The van der Waals surface area contributed by atoms with Crippen molar-refractivity contribution in [3.05, 3.63) is 24.0 Å². The second kappa shape index (κ2) is 3.73. The molecule has 5 heteroatoms. The smallest absolute Gasteiger partial charge is 0.255 e. The topological polar surface area (TPSA) is 48.1 Å². The van der Waals surface area contributed by atoms with E-state index in [1.807, 2.05) is 0 Å². The van der Waals surface area contributed by atoms with Gasteiger partial charge in [-0.25, -0.2) is 8.78 Å². The van der Waals surface area contributed by atoms with E-state index in [1.165, 1.54) is 6.20 Å². The summed E-state index contributed by atoms with van der Waals surface area (Å²) in [7, 11) is 0. The molecule has 1 saturated carbocycles. The zero-order valence-corrected chi connectivity index (χ0v) is 8.12. The molecule has 0 unspecified atom stereocenters. The second-order valence-corrected chi connectivity index (χ2v) is 3.74. The number of alkyl halides is 2. The monoisotopic (exact) mass is 214 g/mol. The zero-order valence-electron chi connectivity index (χ0n) is 8.12. The van der Waals surface area contributed by atoms with Gasteiger partial charge in [-0.15, -0.1) is 0 Å². The Hall–Kier alpha value is -1.23. The van der Waals surface area contributed by atoms with Crippen LogP contribution in [0.5, 0.6) is 5.75 Å². The molecule has 82 valence electrons. The van der Waals surface area contributed by atoms with Gasteiger partial charge in [0.15, 0.2) is 0 Å². The van der Waals surface area contributed by atoms with E-state index in [0.29, 0.717) is 12.3 Å². The summed E-state index contributed by atoms with van der Waals surface area (Å²) in [6, 6.07) is 1.73. The summed E-state index contributed by atoms with van der Waals surface area (Å²) in [5, 5.41) is 0. The Labute approximate surface area is 86.3 Å². The highest BCUT2D eigenvalue weighted by Gasteiger charge is 2.46. The van der Waals surface area contributed by atoms with E-state index < -0.39 is 12.0 Å². The lowest BCUT2D eigenvalue weighted by atomic mass is 9.91. The predicted octanol–water partition coefficient (Wildman–Crippen LogP) is 1.72. The minimum atomic E-state index is -2.55. The lowest BCUT2D eigenvalue weighted by Gasteiger charge is -2.34. The van der Waals surface area contributed by atoms with Crippen LogP contribution in [0.4, 0.5) is 8.78 Å². The minimum Gasteiger partial charge on any atom is -0.488 e. The second-order valence-electron chi connectivity index (χ2n) is 3.74. The molecule has 0 radical (unpaired) electrons. The minimum absolute atomic E-state index is 0.208. The van der Waals surface area contributed by atoms with Crippen molar-refractivity contribution in [2.75, 3.05) is 0 Å². The first kappa shape index (κ1) is 10.3. The molecule has 0 aromatic carbocycles. The third kappa shape index (κ3) is 2.41. The summed E-state index contributed by atoms with van der Waals surface area (Å²) in [4.78, 5) is 3.91. The number of nitrogens with zero attached hydrogens (tertiary/aromatic N) is 1. The number of pyridine rings is 1. The fraction of sp³-hybridized carbons (Fsp3) is 0.500. The molecule has 1 aromatic heterocycles. The van der Waals surface area contributed by atoms with Crippen LogP contribution in [0.1, 0.15) is 18.4 Å². The first-order chi connectivity index (χ1) is 7.09. The summed E-state index contributed by atoms with van der Waals surface area (Å²) >= 11 is 0. The number of halogens is 2. The Bertz CT molecular complexity index is 349. The molecule has 0 bridgehead atoms. The average molecular weight is 214 g/mol. The van der Waals surface area contributed by atoms with Gasteiger partial charge in [0, 0.05) is 25.6 Å². The van der Waals surface area contributed by atoms with Crippen LogP contribution in [-0.4, -0.2) is 17.0 Å². The van der Waals surface area contributed by atoms with Crippen molar-refractivity contribution in [1.29, 1.82) is 0 Å². The van der Waals surface area contributed by atoms with Gasteiger partial charge in [0.1, 0.15) is 11.9 Å². The van der Waals surface area contributed by atoms with Gasteiger partial charge in [0.2, 0.25) is 0 Å². The van der Waals surface area contributed by atoms with Crippen molar-refractivity contribution in [2.45, 2.75) is 31.4 Å². The van der Waals surface area contributed by atoms with Gasteiger partial charge in [-0.2, -0.15) is 0 Å². The van der Waals surface area contributed by atoms with E-state index in [2.05, 4.69) is 4.98 Å². The lowest BCUT2D eigenvalue weighted by molar-refractivity contribution is -0.134. The molecule has 3 nitrogen and oxygen atoms in total. The number of nitrogens with two attached hydrogens (primary N) is 1. The third-order valence-corrected chi connectivity index (χ3v) is 2.36. The van der Waals surface area contributed by atoms with Gasteiger partial charge >= 0.3 is 0 Å². The van der Waals surface area contributed by atoms with E-state index in [4.69, 9.17) is 10.5 Å². The molecule has 1 aliphatic carbocycles. The fourth-order valence-corrected chi connectivity index (χ4v) is 1.52. The molecule has 1 aromatic rings. The maximum absolute atomic E-state index is 12.5. The SMILES string of the molecule is NCc1cncc(OC2CC(F)(F)C2)c1. The van der Waals surface area contributed by atoms with Crippen molar-refractivity contribution < 1.29 is 13.5 Å². The molecule has 1 aliphatic rings. The molecule has 0 spiro atoms. The normalized spacial score (nSPS) is 19.7. The number of hydrogen-bond donors (Lipinski definition) is 1. The van der Waals surface area contributed by atoms with Crippen LogP contribution >= 0.6 is 0 Å². The Morgan fingerprint density at radius 1 is 1.47 bits per heavy atom. The summed E-state index contributed by atoms with van der Waals surface area (Å²) in [6.45, 7) is 0.366.